The third-order valence-electron chi connectivity index (χ3n) is 2.26. The van der Waals surface area contributed by atoms with Crippen LogP contribution in [0.5, 0.6) is 5.75 Å². The molecule has 4 nitrogen and oxygen atoms in total. The molecule has 0 N–H and O–H groups in total. The van der Waals surface area contributed by atoms with Gasteiger partial charge in [0.1, 0.15) is 5.75 Å². The van der Waals surface area contributed by atoms with Gasteiger partial charge in [-0.3, -0.25) is 4.79 Å². The summed E-state index contributed by atoms with van der Waals surface area (Å²) in [6.45, 7) is 2.95. The highest BCUT2D eigenvalue weighted by Gasteiger charge is 2.44. The van der Waals surface area contributed by atoms with Crippen LogP contribution >= 0.6 is 0 Å². The smallest absolute Gasteiger partial charge is 0.459 e. The van der Waals surface area contributed by atoms with Crippen molar-refractivity contribution in [3.63, 3.8) is 0 Å². The summed E-state index contributed by atoms with van der Waals surface area (Å²) in [4.78, 5) is 22.3. The number of ketones is 1. The second-order valence-electron chi connectivity index (χ2n) is 3.64. The average Bonchev–Trinajstić information content (AvgIpc) is 2.38. The van der Waals surface area contributed by atoms with E-state index in [1.54, 1.807) is 6.92 Å². The largest absolute Gasteiger partial charge is 0.502 e. The van der Waals surface area contributed by atoms with Crippen molar-refractivity contribution in [3.8, 4) is 5.75 Å². The van der Waals surface area contributed by atoms with Gasteiger partial charge in [0.05, 0.1) is 6.61 Å². The number of carbonyl (C=O) groups is 2. The molecule has 1 aromatic rings. The molecule has 0 aliphatic heterocycles. The lowest BCUT2D eigenvalue weighted by Crippen LogP contribution is -2.36. The fraction of sp³-hybridized carbons (Fsp3) is 0.385. The molecule has 0 unspecified atom stereocenters. The zero-order valence-corrected chi connectivity index (χ0v) is 10.6. The van der Waals surface area contributed by atoms with E-state index in [2.05, 4.69) is 9.47 Å². The van der Waals surface area contributed by atoms with Crippen molar-refractivity contribution < 1.29 is 27.8 Å². The first-order valence-electron chi connectivity index (χ1n) is 5.78. The highest BCUT2D eigenvalue weighted by molar-refractivity contribution is 5.95. The van der Waals surface area contributed by atoms with Crippen LogP contribution in [0.4, 0.5) is 8.78 Å². The lowest BCUT2D eigenvalue weighted by atomic mass is 10.1. The van der Waals surface area contributed by atoms with E-state index in [-0.39, 0.29) is 18.1 Å². The van der Waals surface area contributed by atoms with Gasteiger partial charge in [-0.2, -0.15) is 8.78 Å². The predicted molar refractivity (Wildman–Crippen MR) is 63.3 cm³/mol. The minimum atomic E-state index is -4.05. The van der Waals surface area contributed by atoms with Crippen molar-refractivity contribution in [2.75, 3.05) is 6.61 Å². The van der Waals surface area contributed by atoms with Gasteiger partial charge in [0, 0.05) is 12.0 Å². The Kier molecular flexibility index (Phi) is 4.97. The maximum atomic E-state index is 13.3. The minimum Gasteiger partial charge on any atom is -0.459 e. The summed E-state index contributed by atoms with van der Waals surface area (Å²) in [6.07, 6.45) is -3.73. The number of hydrogen-bond donors (Lipinski definition) is 0. The van der Waals surface area contributed by atoms with Crippen molar-refractivity contribution >= 4 is 11.8 Å². The molecule has 0 atom stereocenters. The zero-order chi connectivity index (χ0) is 14.5. The van der Waals surface area contributed by atoms with Gasteiger partial charge in [0.25, 0.3) is 0 Å². The Hall–Kier alpha value is -1.98. The molecule has 0 aliphatic rings. The lowest BCUT2D eigenvalue weighted by Gasteiger charge is -2.15. The lowest BCUT2D eigenvalue weighted by molar-refractivity contribution is -0.216. The van der Waals surface area contributed by atoms with Gasteiger partial charge in [-0.05, 0) is 31.2 Å². The van der Waals surface area contributed by atoms with E-state index >= 15 is 0 Å². The van der Waals surface area contributed by atoms with Crippen molar-refractivity contribution in [2.45, 2.75) is 26.4 Å². The van der Waals surface area contributed by atoms with Crippen molar-refractivity contribution in [1.29, 1.82) is 0 Å². The number of halogens is 2. The van der Waals surface area contributed by atoms with Gasteiger partial charge in [-0.15, -0.1) is 0 Å². The monoisotopic (exact) mass is 272 g/mol. The Morgan fingerprint density at radius 1 is 1.16 bits per heavy atom. The molecule has 0 fully saturated rings. The molecule has 1 rings (SSSR count). The van der Waals surface area contributed by atoms with Crippen LogP contribution in [-0.2, 0) is 9.53 Å². The predicted octanol–water partition coefficient (Wildman–Crippen LogP) is 2.81. The Morgan fingerprint density at radius 3 is 2.21 bits per heavy atom. The van der Waals surface area contributed by atoms with Gasteiger partial charge < -0.3 is 9.47 Å². The summed E-state index contributed by atoms with van der Waals surface area (Å²) in [6, 6.07) is 5.14. The molecule has 0 aromatic heterocycles. The SMILES string of the molecule is CCOC(=O)C(F)(F)Oc1ccc(C(=O)CC)cc1. The molecule has 0 spiro atoms. The highest BCUT2D eigenvalue weighted by atomic mass is 19.3. The molecular weight excluding hydrogens is 258 g/mol. The summed E-state index contributed by atoms with van der Waals surface area (Å²) < 4.78 is 35.0. The number of carbonyl (C=O) groups excluding carboxylic acids is 2. The zero-order valence-electron chi connectivity index (χ0n) is 10.6. The summed E-state index contributed by atoms with van der Waals surface area (Å²) in [5, 5.41) is 0. The molecule has 0 radical (unpaired) electrons. The first-order chi connectivity index (χ1) is 8.90. The van der Waals surface area contributed by atoms with Crippen molar-refractivity contribution in [3.05, 3.63) is 29.8 Å². The topological polar surface area (TPSA) is 52.6 Å². The number of hydrogen-bond acceptors (Lipinski definition) is 4. The van der Waals surface area contributed by atoms with Crippen molar-refractivity contribution in [1.82, 2.24) is 0 Å². The third-order valence-corrected chi connectivity index (χ3v) is 2.26. The second-order valence-corrected chi connectivity index (χ2v) is 3.64. The molecule has 6 heteroatoms. The molecular formula is C13H14F2O4. The first-order valence-corrected chi connectivity index (χ1v) is 5.78. The molecule has 0 saturated carbocycles. The van der Waals surface area contributed by atoms with Crippen LogP contribution in [0.1, 0.15) is 30.6 Å². The Bertz CT molecular complexity index is 454. The molecule has 0 heterocycles. The normalized spacial score (nSPS) is 10.9. The quantitative estimate of drug-likeness (QED) is 0.590. The van der Waals surface area contributed by atoms with Crippen LogP contribution in [0.25, 0.3) is 0 Å². The molecule has 19 heavy (non-hydrogen) atoms. The van der Waals surface area contributed by atoms with E-state index in [4.69, 9.17) is 0 Å². The third kappa shape index (κ3) is 4.01. The van der Waals surface area contributed by atoms with Crippen LogP contribution in [0.2, 0.25) is 0 Å². The summed E-state index contributed by atoms with van der Waals surface area (Å²) in [7, 11) is 0. The van der Waals surface area contributed by atoms with E-state index in [0.717, 1.165) is 0 Å². The van der Waals surface area contributed by atoms with E-state index < -0.39 is 12.1 Å². The fourth-order valence-corrected chi connectivity index (χ4v) is 1.32. The Morgan fingerprint density at radius 2 is 1.74 bits per heavy atom. The van der Waals surface area contributed by atoms with Gasteiger partial charge in [0.15, 0.2) is 5.78 Å². The second kappa shape index (κ2) is 6.26. The van der Waals surface area contributed by atoms with Gasteiger partial charge in [0.2, 0.25) is 0 Å². The summed E-state index contributed by atoms with van der Waals surface area (Å²) in [5.41, 5.74) is 0.398. The number of esters is 1. The number of Topliss-reactive ketones (excluding diaryl/α,β-unsaturated/α-hetero) is 1. The maximum absolute atomic E-state index is 13.3. The molecule has 0 amide bonds. The summed E-state index contributed by atoms with van der Waals surface area (Å²) >= 11 is 0. The van der Waals surface area contributed by atoms with Crippen LogP contribution in [0.3, 0.4) is 0 Å². The number of alkyl halides is 2. The fourth-order valence-electron chi connectivity index (χ4n) is 1.32. The van der Waals surface area contributed by atoms with E-state index in [1.807, 2.05) is 0 Å². The molecule has 104 valence electrons. The molecule has 0 aliphatic carbocycles. The molecule has 0 saturated heterocycles. The Labute approximate surface area is 109 Å². The molecule has 1 aromatic carbocycles. The van der Waals surface area contributed by atoms with Gasteiger partial charge >= 0.3 is 12.1 Å². The van der Waals surface area contributed by atoms with E-state index in [1.165, 1.54) is 31.2 Å². The number of rotatable bonds is 6. The van der Waals surface area contributed by atoms with Crippen LogP contribution in [-0.4, -0.2) is 24.5 Å². The van der Waals surface area contributed by atoms with Gasteiger partial charge in [-0.1, -0.05) is 6.92 Å². The Balaban J connectivity index is 2.77. The minimum absolute atomic E-state index is 0.108. The van der Waals surface area contributed by atoms with Crippen LogP contribution < -0.4 is 4.74 Å². The van der Waals surface area contributed by atoms with E-state index in [0.29, 0.717) is 12.0 Å². The first kappa shape index (κ1) is 15.1. The number of benzene rings is 1. The standard InChI is InChI=1S/C13H14F2O4/c1-3-11(16)9-5-7-10(8-6-9)19-13(14,15)12(17)18-4-2/h5-8H,3-4H2,1-2H3. The number of ether oxygens (including phenoxy) is 2. The van der Waals surface area contributed by atoms with Crippen LogP contribution in [0, 0.1) is 0 Å². The van der Waals surface area contributed by atoms with Crippen molar-refractivity contribution in [2.24, 2.45) is 0 Å². The van der Waals surface area contributed by atoms with E-state index in [9.17, 15) is 18.4 Å². The van der Waals surface area contributed by atoms with Gasteiger partial charge in [-0.25, -0.2) is 4.79 Å². The van der Waals surface area contributed by atoms with Crippen LogP contribution in [0.15, 0.2) is 24.3 Å². The summed E-state index contributed by atoms with van der Waals surface area (Å²) in [5.74, 6) is -2.07. The maximum Gasteiger partial charge on any atom is 0.502 e. The molecule has 0 bridgehead atoms. The average molecular weight is 272 g/mol. The highest BCUT2D eigenvalue weighted by Crippen LogP contribution is 2.23.